The number of halogens is 1. The largest absolute Gasteiger partial charge is 0.379 e. The molecule has 0 radical (unpaired) electrons. The average molecular weight is 324 g/mol. The molecule has 6 nitrogen and oxygen atoms in total. The Morgan fingerprint density at radius 1 is 1.36 bits per heavy atom. The van der Waals surface area contributed by atoms with Crippen molar-refractivity contribution < 1.29 is 14.1 Å². The van der Waals surface area contributed by atoms with Crippen LogP contribution in [-0.2, 0) is 4.74 Å². The summed E-state index contributed by atoms with van der Waals surface area (Å²) >= 11 is 5.88. The molecule has 1 aromatic heterocycles. The normalized spacial score (nSPS) is 16.0. The van der Waals surface area contributed by atoms with Gasteiger partial charge in [0.2, 0.25) is 0 Å². The maximum absolute atomic E-state index is 12.2. The van der Waals surface area contributed by atoms with Crippen molar-refractivity contribution in [3.05, 3.63) is 28.9 Å². The topological polar surface area (TPSA) is 67.6 Å². The van der Waals surface area contributed by atoms with E-state index in [4.69, 9.17) is 20.9 Å². The zero-order valence-corrected chi connectivity index (χ0v) is 12.9. The van der Waals surface area contributed by atoms with Crippen molar-refractivity contribution in [1.82, 2.24) is 15.4 Å². The molecule has 1 N–H and O–H groups in total. The van der Waals surface area contributed by atoms with Gasteiger partial charge in [0.25, 0.3) is 5.91 Å². The van der Waals surface area contributed by atoms with Crippen LogP contribution in [0.2, 0.25) is 5.02 Å². The third-order valence-electron chi connectivity index (χ3n) is 3.69. The molecule has 7 heteroatoms. The van der Waals surface area contributed by atoms with Crippen molar-refractivity contribution in [3.63, 3.8) is 0 Å². The Balaban J connectivity index is 1.50. The first-order chi connectivity index (χ1) is 10.7. The Bertz CT molecular complexity index is 653. The van der Waals surface area contributed by atoms with Crippen LogP contribution in [0.3, 0.4) is 0 Å². The quantitative estimate of drug-likeness (QED) is 0.852. The van der Waals surface area contributed by atoms with Crippen molar-refractivity contribution in [1.29, 1.82) is 0 Å². The Kier molecular flexibility index (Phi) is 4.92. The summed E-state index contributed by atoms with van der Waals surface area (Å²) in [6.45, 7) is 5.07. The van der Waals surface area contributed by atoms with Crippen molar-refractivity contribution in [2.24, 2.45) is 0 Å². The van der Waals surface area contributed by atoms with E-state index >= 15 is 0 Å². The number of benzene rings is 1. The van der Waals surface area contributed by atoms with Crippen molar-refractivity contribution >= 4 is 28.5 Å². The molecule has 2 heterocycles. The van der Waals surface area contributed by atoms with Crippen LogP contribution in [0.15, 0.2) is 22.7 Å². The lowest BCUT2D eigenvalue weighted by Gasteiger charge is -2.26. The van der Waals surface area contributed by atoms with Gasteiger partial charge in [-0.25, -0.2) is 0 Å². The van der Waals surface area contributed by atoms with Gasteiger partial charge in [-0.05, 0) is 25.1 Å². The molecule has 1 aromatic carbocycles. The molecular formula is C15H18ClN3O3. The van der Waals surface area contributed by atoms with Crippen LogP contribution in [0, 0.1) is 0 Å². The molecule has 22 heavy (non-hydrogen) atoms. The lowest BCUT2D eigenvalue weighted by molar-refractivity contribution is 0.0374. The summed E-state index contributed by atoms with van der Waals surface area (Å²) in [4.78, 5) is 14.5. The lowest BCUT2D eigenvalue weighted by atomic mass is 10.2. The molecule has 1 saturated heterocycles. The summed E-state index contributed by atoms with van der Waals surface area (Å²) in [5, 5.41) is 7.94. The van der Waals surface area contributed by atoms with Gasteiger partial charge in [0.1, 0.15) is 0 Å². The molecule has 0 aliphatic carbocycles. The van der Waals surface area contributed by atoms with E-state index in [0.29, 0.717) is 28.2 Å². The van der Waals surface area contributed by atoms with Gasteiger partial charge in [-0.2, -0.15) is 0 Å². The minimum absolute atomic E-state index is 0.219. The molecular weight excluding hydrogens is 306 g/mol. The van der Waals surface area contributed by atoms with E-state index in [1.807, 2.05) is 0 Å². The van der Waals surface area contributed by atoms with E-state index in [1.165, 1.54) is 0 Å². The van der Waals surface area contributed by atoms with Gasteiger partial charge in [-0.3, -0.25) is 9.69 Å². The van der Waals surface area contributed by atoms with Gasteiger partial charge in [0.15, 0.2) is 11.3 Å². The number of hydrogen-bond donors (Lipinski definition) is 1. The second-order valence-corrected chi connectivity index (χ2v) is 5.67. The second-order valence-electron chi connectivity index (χ2n) is 5.24. The van der Waals surface area contributed by atoms with Crippen LogP contribution >= 0.6 is 11.6 Å². The number of rotatable bonds is 5. The second kappa shape index (κ2) is 7.09. The fourth-order valence-electron chi connectivity index (χ4n) is 2.49. The van der Waals surface area contributed by atoms with Crippen LogP contribution in [0.25, 0.3) is 11.0 Å². The predicted octanol–water partition coefficient (Wildman–Crippen LogP) is 1.93. The number of fused-ring (bicyclic) bond motifs is 1. The number of carbonyl (C=O) groups is 1. The first-order valence-corrected chi connectivity index (χ1v) is 7.75. The highest BCUT2D eigenvalue weighted by molar-refractivity contribution is 6.31. The molecule has 1 aliphatic rings. The molecule has 0 bridgehead atoms. The highest BCUT2D eigenvalue weighted by Crippen LogP contribution is 2.22. The van der Waals surface area contributed by atoms with Crippen LogP contribution in [0.4, 0.5) is 0 Å². The number of nitrogens with zero attached hydrogens (tertiary/aromatic N) is 2. The fraction of sp³-hybridized carbons (Fsp3) is 0.467. The van der Waals surface area contributed by atoms with E-state index in [9.17, 15) is 4.79 Å². The maximum Gasteiger partial charge on any atom is 0.274 e. The van der Waals surface area contributed by atoms with E-state index in [1.54, 1.807) is 18.2 Å². The lowest BCUT2D eigenvalue weighted by Crippen LogP contribution is -2.38. The molecule has 1 aliphatic heterocycles. The minimum Gasteiger partial charge on any atom is -0.379 e. The number of carbonyl (C=O) groups excluding carboxylic acids is 1. The summed E-state index contributed by atoms with van der Waals surface area (Å²) in [7, 11) is 0. The Hall–Kier alpha value is -1.63. The number of hydrogen-bond acceptors (Lipinski definition) is 5. The SMILES string of the molecule is O=C(NCCCN1CCOCC1)c1noc2cc(Cl)ccc12. The highest BCUT2D eigenvalue weighted by atomic mass is 35.5. The molecule has 1 fully saturated rings. The summed E-state index contributed by atoms with van der Waals surface area (Å²) in [6, 6.07) is 5.12. The third-order valence-corrected chi connectivity index (χ3v) is 3.92. The zero-order chi connectivity index (χ0) is 15.4. The van der Waals surface area contributed by atoms with Crippen molar-refractivity contribution in [2.75, 3.05) is 39.4 Å². The fourth-order valence-corrected chi connectivity index (χ4v) is 2.65. The smallest absolute Gasteiger partial charge is 0.274 e. The highest BCUT2D eigenvalue weighted by Gasteiger charge is 2.16. The van der Waals surface area contributed by atoms with Gasteiger partial charge in [0.05, 0.1) is 18.6 Å². The van der Waals surface area contributed by atoms with Crippen molar-refractivity contribution in [2.45, 2.75) is 6.42 Å². The predicted molar refractivity (Wildman–Crippen MR) is 83.2 cm³/mol. The van der Waals surface area contributed by atoms with E-state index < -0.39 is 0 Å². The third kappa shape index (κ3) is 3.58. The summed E-state index contributed by atoms with van der Waals surface area (Å²) in [5.41, 5.74) is 0.823. The van der Waals surface area contributed by atoms with Gasteiger partial charge >= 0.3 is 0 Å². The van der Waals surface area contributed by atoms with Crippen LogP contribution < -0.4 is 5.32 Å². The molecule has 0 saturated carbocycles. The molecule has 2 aromatic rings. The zero-order valence-electron chi connectivity index (χ0n) is 12.2. The van der Waals surface area contributed by atoms with E-state index in [0.717, 1.165) is 39.3 Å². The minimum atomic E-state index is -0.219. The van der Waals surface area contributed by atoms with E-state index in [2.05, 4.69) is 15.4 Å². The van der Waals surface area contributed by atoms with Crippen LogP contribution in [-0.4, -0.2) is 55.4 Å². The Labute approximate surface area is 133 Å². The number of nitrogens with one attached hydrogen (secondary N) is 1. The van der Waals surface area contributed by atoms with Crippen LogP contribution in [0.5, 0.6) is 0 Å². The molecule has 0 unspecified atom stereocenters. The summed E-state index contributed by atoms with van der Waals surface area (Å²) in [5.74, 6) is -0.219. The maximum atomic E-state index is 12.2. The standard InChI is InChI=1S/C15H18ClN3O3/c16-11-2-3-12-13(10-11)22-18-14(12)15(20)17-4-1-5-19-6-8-21-9-7-19/h2-3,10H,1,4-9H2,(H,17,20). The van der Waals surface area contributed by atoms with Gasteiger partial charge in [-0.15, -0.1) is 0 Å². The summed E-state index contributed by atoms with van der Waals surface area (Å²) < 4.78 is 10.4. The Morgan fingerprint density at radius 3 is 3.00 bits per heavy atom. The van der Waals surface area contributed by atoms with Gasteiger partial charge in [0, 0.05) is 30.7 Å². The first-order valence-electron chi connectivity index (χ1n) is 7.37. The van der Waals surface area contributed by atoms with Crippen LogP contribution in [0.1, 0.15) is 16.9 Å². The first kappa shape index (κ1) is 15.3. The van der Waals surface area contributed by atoms with Gasteiger partial charge < -0.3 is 14.6 Å². The molecule has 118 valence electrons. The number of ether oxygens (including phenoxy) is 1. The van der Waals surface area contributed by atoms with E-state index in [-0.39, 0.29) is 5.91 Å². The number of aromatic nitrogens is 1. The molecule has 0 spiro atoms. The Morgan fingerprint density at radius 2 is 2.18 bits per heavy atom. The molecule has 3 rings (SSSR count). The number of amides is 1. The monoisotopic (exact) mass is 323 g/mol. The number of morpholine rings is 1. The average Bonchev–Trinajstić information content (AvgIpc) is 2.95. The summed E-state index contributed by atoms with van der Waals surface area (Å²) in [6.07, 6.45) is 0.896. The van der Waals surface area contributed by atoms with Gasteiger partial charge in [-0.1, -0.05) is 16.8 Å². The van der Waals surface area contributed by atoms with Crippen molar-refractivity contribution in [3.8, 4) is 0 Å². The molecule has 0 atom stereocenters. The molecule has 1 amide bonds.